The van der Waals surface area contributed by atoms with E-state index in [9.17, 15) is 18.0 Å². The van der Waals surface area contributed by atoms with Gasteiger partial charge in [-0.1, -0.05) is 42.0 Å². The Balaban J connectivity index is 2.17. The van der Waals surface area contributed by atoms with E-state index in [2.05, 4.69) is 5.32 Å². The Hall–Kier alpha value is -2.87. The molecule has 0 spiro atoms. The minimum Gasteiger partial charge on any atom is -0.352 e. The second-order valence-electron chi connectivity index (χ2n) is 9.06. The van der Waals surface area contributed by atoms with Gasteiger partial charge in [0.2, 0.25) is 21.8 Å². The molecule has 0 saturated heterocycles. The van der Waals surface area contributed by atoms with Crippen LogP contribution in [0, 0.1) is 13.8 Å². The fourth-order valence-electron chi connectivity index (χ4n) is 3.67. The molecule has 0 heterocycles. The molecule has 0 saturated carbocycles. The average Bonchev–Trinajstić information content (AvgIpc) is 2.75. The Bertz CT molecular complexity index is 1080. The summed E-state index contributed by atoms with van der Waals surface area (Å²) in [6.07, 6.45) is 1.63. The summed E-state index contributed by atoms with van der Waals surface area (Å²) in [6.45, 7) is 9.88. The fourth-order valence-corrected chi connectivity index (χ4v) is 4.64. The minimum atomic E-state index is -3.50. The zero-order chi connectivity index (χ0) is 25.5. The van der Waals surface area contributed by atoms with Crippen molar-refractivity contribution < 1.29 is 18.0 Å². The lowest BCUT2D eigenvalue weighted by molar-refractivity contribution is -0.140. The third kappa shape index (κ3) is 7.87. The predicted octanol–water partition coefficient (Wildman–Crippen LogP) is 3.79. The molecular weight excluding hydrogens is 450 g/mol. The van der Waals surface area contributed by atoms with E-state index in [1.165, 1.54) is 4.31 Å². The number of rotatable bonds is 11. The summed E-state index contributed by atoms with van der Waals surface area (Å²) in [4.78, 5) is 27.6. The summed E-state index contributed by atoms with van der Waals surface area (Å²) in [5.41, 5.74) is 3.62. The molecule has 2 amide bonds. The molecule has 186 valence electrons. The van der Waals surface area contributed by atoms with Gasteiger partial charge < -0.3 is 10.2 Å². The molecule has 0 bridgehead atoms. The molecule has 0 aliphatic rings. The summed E-state index contributed by atoms with van der Waals surface area (Å²) in [6, 6.07) is 14.3. The van der Waals surface area contributed by atoms with Crippen molar-refractivity contribution in [1.82, 2.24) is 10.2 Å². The second kappa shape index (κ2) is 12.0. The van der Waals surface area contributed by atoms with E-state index in [-0.39, 0.29) is 30.8 Å². The van der Waals surface area contributed by atoms with E-state index in [0.717, 1.165) is 22.9 Å². The summed E-state index contributed by atoms with van der Waals surface area (Å²) in [7, 11) is -3.50. The zero-order valence-corrected chi connectivity index (χ0v) is 21.9. The molecule has 1 atom stereocenters. The Morgan fingerprint density at radius 2 is 1.59 bits per heavy atom. The summed E-state index contributed by atoms with van der Waals surface area (Å²) < 4.78 is 26.1. The molecule has 0 aliphatic carbocycles. The van der Waals surface area contributed by atoms with Crippen LogP contribution in [0.25, 0.3) is 0 Å². The third-order valence-corrected chi connectivity index (χ3v) is 6.87. The van der Waals surface area contributed by atoms with Crippen LogP contribution in [0.4, 0.5) is 5.69 Å². The topological polar surface area (TPSA) is 86.8 Å². The number of nitrogens with one attached hydrogen (secondary N) is 1. The highest BCUT2D eigenvalue weighted by molar-refractivity contribution is 7.92. The SMILES string of the molecule is Cc1ccc(N(CCCC(=O)N(Cc2ccccc2C)[C@@H](C)C(=O)NC(C)C)S(C)(=O)=O)cc1. The molecule has 34 heavy (non-hydrogen) atoms. The van der Waals surface area contributed by atoms with Gasteiger partial charge in [0.05, 0.1) is 11.9 Å². The molecule has 7 nitrogen and oxygen atoms in total. The van der Waals surface area contributed by atoms with Gasteiger partial charge >= 0.3 is 0 Å². The molecular formula is C26H37N3O4S. The van der Waals surface area contributed by atoms with Crippen molar-refractivity contribution in [2.75, 3.05) is 17.1 Å². The van der Waals surface area contributed by atoms with Crippen molar-refractivity contribution in [3.8, 4) is 0 Å². The van der Waals surface area contributed by atoms with Gasteiger partial charge in [-0.3, -0.25) is 13.9 Å². The fraction of sp³-hybridized carbons (Fsp3) is 0.462. The molecule has 2 rings (SSSR count). The molecule has 0 aliphatic heterocycles. The van der Waals surface area contributed by atoms with Crippen LogP contribution in [0.15, 0.2) is 48.5 Å². The number of aryl methyl sites for hydroxylation is 2. The van der Waals surface area contributed by atoms with E-state index >= 15 is 0 Å². The van der Waals surface area contributed by atoms with E-state index in [1.54, 1.807) is 24.0 Å². The first kappa shape index (κ1) is 27.4. The Morgan fingerprint density at radius 3 is 2.15 bits per heavy atom. The van der Waals surface area contributed by atoms with Crippen LogP contribution in [-0.4, -0.2) is 50.0 Å². The van der Waals surface area contributed by atoms with Gasteiger partial charge in [-0.15, -0.1) is 0 Å². The van der Waals surface area contributed by atoms with Crippen LogP contribution in [0.5, 0.6) is 0 Å². The zero-order valence-electron chi connectivity index (χ0n) is 21.0. The first-order valence-electron chi connectivity index (χ1n) is 11.6. The monoisotopic (exact) mass is 487 g/mol. The summed E-state index contributed by atoms with van der Waals surface area (Å²) >= 11 is 0. The molecule has 0 fully saturated rings. The number of anilines is 1. The van der Waals surface area contributed by atoms with Crippen LogP contribution < -0.4 is 9.62 Å². The molecule has 0 radical (unpaired) electrons. The van der Waals surface area contributed by atoms with Gasteiger partial charge in [0, 0.05) is 25.6 Å². The van der Waals surface area contributed by atoms with E-state index in [1.807, 2.05) is 64.1 Å². The maximum absolute atomic E-state index is 13.3. The predicted molar refractivity (Wildman–Crippen MR) is 137 cm³/mol. The maximum Gasteiger partial charge on any atom is 0.242 e. The number of benzene rings is 2. The average molecular weight is 488 g/mol. The van der Waals surface area contributed by atoms with Crippen molar-refractivity contribution in [2.45, 2.75) is 66.1 Å². The lowest BCUT2D eigenvalue weighted by Crippen LogP contribution is -2.49. The highest BCUT2D eigenvalue weighted by atomic mass is 32.2. The van der Waals surface area contributed by atoms with Crippen LogP contribution >= 0.6 is 0 Å². The van der Waals surface area contributed by atoms with Crippen molar-refractivity contribution in [1.29, 1.82) is 0 Å². The van der Waals surface area contributed by atoms with Gasteiger partial charge in [0.1, 0.15) is 6.04 Å². The van der Waals surface area contributed by atoms with Crippen LogP contribution in [0.3, 0.4) is 0 Å². The lowest BCUT2D eigenvalue weighted by atomic mass is 10.1. The standard InChI is InChI=1S/C26H37N3O4S/c1-19(2)27-26(31)22(5)28(18-23-11-8-7-10-21(23)4)25(30)12-9-17-29(34(6,32)33)24-15-13-20(3)14-16-24/h7-8,10-11,13-16,19,22H,9,12,17-18H2,1-6H3,(H,27,31)/t22-/m0/s1. The second-order valence-corrected chi connectivity index (χ2v) is 11.0. The Kier molecular flexibility index (Phi) is 9.67. The van der Waals surface area contributed by atoms with Crippen molar-refractivity contribution >= 4 is 27.5 Å². The molecule has 2 aromatic carbocycles. The summed E-state index contributed by atoms with van der Waals surface area (Å²) in [5, 5.41) is 2.88. The smallest absolute Gasteiger partial charge is 0.242 e. The number of carbonyl (C=O) groups is 2. The third-order valence-electron chi connectivity index (χ3n) is 5.67. The molecule has 2 aromatic rings. The van der Waals surface area contributed by atoms with Crippen molar-refractivity contribution in [2.24, 2.45) is 0 Å². The first-order valence-corrected chi connectivity index (χ1v) is 13.4. The number of hydrogen-bond acceptors (Lipinski definition) is 4. The maximum atomic E-state index is 13.3. The quantitative estimate of drug-likeness (QED) is 0.522. The van der Waals surface area contributed by atoms with Crippen molar-refractivity contribution in [3.05, 3.63) is 65.2 Å². The molecule has 0 aromatic heterocycles. The van der Waals surface area contributed by atoms with Crippen LogP contribution in [-0.2, 0) is 26.2 Å². The summed E-state index contributed by atoms with van der Waals surface area (Å²) in [5.74, 6) is -0.402. The molecule has 1 N–H and O–H groups in total. The van der Waals surface area contributed by atoms with E-state index < -0.39 is 16.1 Å². The number of hydrogen-bond donors (Lipinski definition) is 1. The number of nitrogens with zero attached hydrogens (tertiary/aromatic N) is 2. The minimum absolute atomic E-state index is 0.0387. The van der Waals surface area contributed by atoms with Crippen LogP contribution in [0.2, 0.25) is 0 Å². The van der Waals surface area contributed by atoms with Gasteiger partial charge in [-0.05, 0) is 64.3 Å². The number of carbonyl (C=O) groups excluding carboxylic acids is 2. The Morgan fingerprint density at radius 1 is 0.971 bits per heavy atom. The largest absolute Gasteiger partial charge is 0.352 e. The molecule has 8 heteroatoms. The van der Waals surface area contributed by atoms with Gasteiger partial charge in [0.15, 0.2) is 0 Å². The highest BCUT2D eigenvalue weighted by Crippen LogP contribution is 2.20. The van der Waals surface area contributed by atoms with E-state index in [4.69, 9.17) is 0 Å². The van der Waals surface area contributed by atoms with E-state index in [0.29, 0.717) is 18.7 Å². The van der Waals surface area contributed by atoms with Gasteiger partial charge in [-0.25, -0.2) is 8.42 Å². The first-order chi connectivity index (χ1) is 15.9. The van der Waals surface area contributed by atoms with Gasteiger partial charge in [-0.2, -0.15) is 0 Å². The number of amides is 2. The highest BCUT2D eigenvalue weighted by Gasteiger charge is 2.27. The van der Waals surface area contributed by atoms with Crippen molar-refractivity contribution in [3.63, 3.8) is 0 Å². The normalized spacial score (nSPS) is 12.3. The van der Waals surface area contributed by atoms with Gasteiger partial charge in [0.25, 0.3) is 0 Å². The molecule has 0 unspecified atom stereocenters. The van der Waals surface area contributed by atoms with Crippen LogP contribution in [0.1, 0.15) is 50.3 Å². The number of sulfonamides is 1. The lowest BCUT2D eigenvalue weighted by Gasteiger charge is -2.30. The Labute approximate surface area is 204 Å².